The zero-order chi connectivity index (χ0) is 15.7. The fourth-order valence-corrected chi connectivity index (χ4v) is 2.40. The second kappa shape index (κ2) is 5.59. The summed E-state index contributed by atoms with van der Waals surface area (Å²) < 4.78 is 20.5. The molecule has 2 heterocycles. The second-order valence-electron chi connectivity index (χ2n) is 4.98. The van der Waals surface area contributed by atoms with Crippen LogP contribution in [-0.4, -0.2) is 26.9 Å². The third kappa shape index (κ3) is 2.45. The largest absolute Gasteiger partial charge is 0.496 e. The van der Waals surface area contributed by atoms with E-state index in [0.717, 1.165) is 16.6 Å². The number of hydrogen-bond donors (Lipinski definition) is 1. The Labute approximate surface area is 127 Å². The van der Waals surface area contributed by atoms with Crippen LogP contribution in [0.3, 0.4) is 0 Å². The Morgan fingerprint density at radius 1 is 1.32 bits per heavy atom. The molecule has 0 aliphatic heterocycles. The number of halogens is 1. The number of ether oxygens (including phenoxy) is 1. The maximum absolute atomic E-state index is 13.5. The highest BCUT2D eigenvalue weighted by molar-refractivity contribution is 5.86. The molecule has 6 nitrogen and oxygen atoms in total. The van der Waals surface area contributed by atoms with Gasteiger partial charge in [-0.25, -0.2) is 14.4 Å². The van der Waals surface area contributed by atoms with Crippen molar-refractivity contribution in [2.75, 3.05) is 12.4 Å². The summed E-state index contributed by atoms with van der Waals surface area (Å²) in [6, 6.07) is 4.25. The van der Waals surface area contributed by atoms with Gasteiger partial charge in [0.25, 0.3) is 0 Å². The summed E-state index contributed by atoms with van der Waals surface area (Å²) in [5.41, 5.74) is 1.45. The van der Waals surface area contributed by atoms with Crippen LogP contribution in [0.2, 0.25) is 0 Å². The summed E-state index contributed by atoms with van der Waals surface area (Å²) in [7, 11) is 3.38. The lowest BCUT2D eigenvalue weighted by Crippen LogP contribution is -2.10. The molecule has 2 aromatic heterocycles. The van der Waals surface area contributed by atoms with Gasteiger partial charge in [0.15, 0.2) is 5.65 Å². The molecule has 0 aliphatic rings. The fourth-order valence-electron chi connectivity index (χ4n) is 2.40. The van der Waals surface area contributed by atoms with Crippen LogP contribution in [0.25, 0.3) is 11.0 Å². The molecule has 1 aromatic carbocycles. The number of rotatable bonds is 4. The van der Waals surface area contributed by atoms with E-state index in [1.54, 1.807) is 24.1 Å². The maximum atomic E-state index is 13.5. The van der Waals surface area contributed by atoms with Crippen molar-refractivity contribution in [3.05, 3.63) is 42.1 Å². The maximum Gasteiger partial charge on any atom is 0.163 e. The average Bonchev–Trinajstić information content (AvgIpc) is 2.90. The summed E-state index contributed by atoms with van der Waals surface area (Å²) in [6.07, 6.45) is 3.18. The van der Waals surface area contributed by atoms with Gasteiger partial charge in [0.05, 0.1) is 24.7 Å². The molecule has 0 saturated heterocycles. The van der Waals surface area contributed by atoms with Gasteiger partial charge in [0.1, 0.15) is 23.7 Å². The molecule has 114 valence electrons. The van der Waals surface area contributed by atoms with E-state index < -0.39 is 0 Å². The predicted molar refractivity (Wildman–Crippen MR) is 81.3 cm³/mol. The van der Waals surface area contributed by atoms with E-state index in [1.807, 2.05) is 14.0 Å². The number of nitrogens with one attached hydrogen (secondary N) is 1. The van der Waals surface area contributed by atoms with Crippen LogP contribution in [0.4, 0.5) is 10.2 Å². The molecule has 3 aromatic rings. The monoisotopic (exact) mass is 301 g/mol. The zero-order valence-corrected chi connectivity index (χ0v) is 12.5. The van der Waals surface area contributed by atoms with Crippen molar-refractivity contribution in [3.63, 3.8) is 0 Å². The Morgan fingerprint density at radius 3 is 2.91 bits per heavy atom. The Hall–Kier alpha value is -2.70. The van der Waals surface area contributed by atoms with Crippen molar-refractivity contribution in [2.24, 2.45) is 7.05 Å². The minimum atomic E-state index is -0.307. The lowest BCUT2D eigenvalue weighted by Gasteiger charge is -2.18. The molecule has 0 aliphatic carbocycles. The molecular weight excluding hydrogens is 285 g/mol. The molecule has 0 spiro atoms. The van der Waals surface area contributed by atoms with Gasteiger partial charge in [-0.2, -0.15) is 5.10 Å². The van der Waals surface area contributed by atoms with Gasteiger partial charge in [-0.05, 0) is 25.1 Å². The molecule has 3 rings (SSSR count). The summed E-state index contributed by atoms with van der Waals surface area (Å²) in [4.78, 5) is 8.45. The van der Waals surface area contributed by atoms with E-state index in [4.69, 9.17) is 4.74 Å². The van der Waals surface area contributed by atoms with Gasteiger partial charge >= 0.3 is 0 Å². The summed E-state index contributed by atoms with van der Waals surface area (Å²) in [6.45, 7) is 1.92. The van der Waals surface area contributed by atoms with Crippen LogP contribution in [0.5, 0.6) is 5.75 Å². The molecule has 0 radical (unpaired) electrons. The highest BCUT2D eigenvalue weighted by Crippen LogP contribution is 2.29. The smallest absolute Gasteiger partial charge is 0.163 e. The van der Waals surface area contributed by atoms with Crippen molar-refractivity contribution in [1.29, 1.82) is 0 Å². The van der Waals surface area contributed by atoms with E-state index in [1.165, 1.54) is 18.5 Å². The molecule has 0 amide bonds. The fraction of sp³-hybridized carbons (Fsp3) is 0.267. The number of aryl methyl sites for hydroxylation is 1. The van der Waals surface area contributed by atoms with Crippen LogP contribution in [0.1, 0.15) is 18.5 Å². The Kier molecular flexibility index (Phi) is 3.62. The first-order valence-corrected chi connectivity index (χ1v) is 6.83. The SMILES string of the molecule is COc1ccc(F)cc1C(C)Nc1ncnc2c1cnn2C. The third-order valence-electron chi connectivity index (χ3n) is 3.54. The van der Waals surface area contributed by atoms with Gasteiger partial charge < -0.3 is 10.1 Å². The van der Waals surface area contributed by atoms with Crippen molar-refractivity contribution in [3.8, 4) is 5.75 Å². The molecular formula is C15H16FN5O. The predicted octanol–water partition coefficient (Wildman–Crippen LogP) is 2.68. The Bertz CT molecular complexity index is 817. The van der Waals surface area contributed by atoms with Gasteiger partial charge in [-0.15, -0.1) is 0 Å². The van der Waals surface area contributed by atoms with Crippen LogP contribution >= 0.6 is 0 Å². The standard InChI is InChI=1S/C15H16FN5O/c1-9(11-6-10(16)4-5-13(11)22-3)20-14-12-7-19-21(2)15(12)18-8-17-14/h4-9H,1-3H3,(H,17,18,20). The molecule has 7 heteroatoms. The first-order chi connectivity index (χ1) is 10.6. The van der Waals surface area contributed by atoms with Gasteiger partial charge in [-0.1, -0.05) is 0 Å². The van der Waals surface area contributed by atoms with Crippen molar-refractivity contribution in [1.82, 2.24) is 19.7 Å². The molecule has 22 heavy (non-hydrogen) atoms. The first-order valence-electron chi connectivity index (χ1n) is 6.83. The quantitative estimate of drug-likeness (QED) is 0.802. The van der Waals surface area contributed by atoms with Gasteiger partial charge in [0, 0.05) is 12.6 Å². The first kappa shape index (κ1) is 14.2. The van der Waals surface area contributed by atoms with Gasteiger partial charge in [-0.3, -0.25) is 4.68 Å². The van der Waals surface area contributed by atoms with E-state index in [2.05, 4.69) is 20.4 Å². The molecule has 1 atom stereocenters. The summed E-state index contributed by atoms with van der Waals surface area (Å²) >= 11 is 0. The number of benzene rings is 1. The highest BCUT2D eigenvalue weighted by atomic mass is 19.1. The zero-order valence-electron chi connectivity index (χ0n) is 12.5. The van der Waals surface area contributed by atoms with Crippen LogP contribution < -0.4 is 10.1 Å². The van der Waals surface area contributed by atoms with Crippen molar-refractivity contribution >= 4 is 16.9 Å². The highest BCUT2D eigenvalue weighted by Gasteiger charge is 2.15. The van der Waals surface area contributed by atoms with E-state index in [0.29, 0.717) is 11.6 Å². The van der Waals surface area contributed by atoms with Crippen molar-refractivity contribution in [2.45, 2.75) is 13.0 Å². The average molecular weight is 301 g/mol. The lowest BCUT2D eigenvalue weighted by molar-refractivity contribution is 0.406. The molecule has 0 fully saturated rings. The lowest BCUT2D eigenvalue weighted by atomic mass is 10.1. The third-order valence-corrected chi connectivity index (χ3v) is 3.54. The van der Waals surface area contributed by atoms with Crippen LogP contribution in [-0.2, 0) is 7.05 Å². The Morgan fingerprint density at radius 2 is 2.14 bits per heavy atom. The topological polar surface area (TPSA) is 64.9 Å². The molecule has 1 unspecified atom stereocenters. The van der Waals surface area contributed by atoms with Gasteiger partial charge in [0.2, 0.25) is 0 Å². The number of hydrogen-bond acceptors (Lipinski definition) is 5. The minimum Gasteiger partial charge on any atom is -0.496 e. The number of nitrogens with zero attached hydrogens (tertiary/aromatic N) is 4. The van der Waals surface area contributed by atoms with Crippen LogP contribution in [0.15, 0.2) is 30.7 Å². The van der Waals surface area contributed by atoms with E-state index in [-0.39, 0.29) is 11.9 Å². The van der Waals surface area contributed by atoms with E-state index >= 15 is 0 Å². The summed E-state index contributed by atoms with van der Waals surface area (Å²) in [5.74, 6) is 0.966. The summed E-state index contributed by atoms with van der Waals surface area (Å²) in [5, 5.41) is 8.25. The number of methoxy groups -OCH3 is 1. The molecule has 1 N–H and O–H groups in total. The minimum absolute atomic E-state index is 0.191. The van der Waals surface area contributed by atoms with Crippen LogP contribution in [0, 0.1) is 5.82 Å². The van der Waals surface area contributed by atoms with E-state index in [9.17, 15) is 4.39 Å². The number of fused-ring (bicyclic) bond motifs is 1. The second-order valence-corrected chi connectivity index (χ2v) is 4.98. The number of anilines is 1. The molecule has 0 bridgehead atoms. The Balaban J connectivity index is 1.96. The molecule has 0 saturated carbocycles. The normalized spacial score (nSPS) is 12.4. The number of aromatic nitrogens is 4. The van der Waals surface area contributed by atoms with Crippen molar-refractivity contribution < 1.29 is 9.13 Å².